The molecule has 0 N–H and O–H groups in total. The van der Waals surface area contributed by atoms with Crippen LogP contribution in [0.5, 0.6) is 0 Å². The third kappa shape index (κ3) is 5.34. The van der Waals surface area contributed by atoms with Crippen LogP contribution in [-0.4, -0.2) is 18.1 Å². The largest absolute Gasteiger partial charge is 1.00 e. The first-order valence-corrected chi connectivity index (χ1v) is 4.95. The Bertz CT molecular complexity index is 464. The molecule has 0 fully saturated rings. The van der Waals surface area contributed by atoms with Crippen LogP contribution in [0.3, 0.4) is 0 Å². The number of allylic oxidation sites excluding steroid dienone is 3. The van der Waals surface area contributed by atoms with Gasteiger partial charge in [0.2, 0.25) is 0 Å². The summed E-state index contributed by atoms with van der Waals surface area (Å²) in [6, 6.07) is 0. The van der Waals surface area contributed by atoms with Crippen LogP contribution in [0.2, 0.25) is 0 Å². The molecule has 0 heterocycles. The number of ketones is 1. The smallest absolute Gasteiger partial charge is 0.872 e. The van der Waals surface area contributed by atoms with Gasteiger partial charge in [-0.3, -0.25) is 4.79 Å². The molecule has 11 heteroatoms. The zero-order valence-corrected chi connectivity index (χ0v) is 11.1. The van der Waals surface area contributed by atoms with Crippen molar-refractivity contribution in [3.05, 3.63) is 22.7 Å². The molecule has 0 saturated heterocycles. The number of halogens is 6. The van der Waals surface area contributed by atoms with Crippen molar-refractivity contribution in [2.75, 3.05) is 0 Å². The predicted octanol–water partition coefficient (Wildman–Crippen LogP) is -4.90. The Hall–Kier alpha value is -0.475. The maximum Gasteiger partial charge on any atom is 1.00 e. The molecule has 0 aromatic heterocycles. The second-order valence-electron chi connectivity index (χ2n) is 3.79. The van der Waals surface area contributed by atoms with Gasteiger partial charge in [-0.1, -0.05) is 11.3 Å². The summed E-state index contributed by atoms with van der Waals surface area (Å²) in [5.74, 6) is -6.75. The second-order valence-corrected chi connectivity index (χ2v) is 3.79. The van der Waals surface area contributed by atoms with Gasteiger partial charge in [-0.25, -0.2) is 0 Å². The van der Waals surface area contributed by atoms with Crippen LogP contribution in [-0.2, 0) is 4.79 Å². The first-order valence-electron chi connectivity index (χ1n) is 4.95. The molecule has 0 radical (unpaired) electrons. The Morgan fingerprint density at radius 1 is 0.952 bits per heavy atom. The number of carbonyl (C=O) groups excluding carboxylic acids is 1. The fraction of sp³-hybridized carbons (Fsp3) is 0.500. The summed E-state index contributed by atoms with van der Waals surface area (Å²) >= 11 is 0. The van der Waals surface area contributed by atoms with E-state index in [1.54, 1.807) is 0 Å². The van der Waals surface area contributed by atoms with E-state index in [-0.39, 0.29) is 44.1 Å². The molecule has 0 aromatic carbocycles. The van der Waals surface area contributed by atoms with Crippen LogP contribution in [0.15, 0.2) is 22.7 Å². The first-order chi connectivity index (χ1) is 8.46. The van der Waals surface area contributed by atoms with E-state index in [9.17, 15) is 41.4 Å². The minimum atomic E-state index is -5.35. The number of carbonyl (C=O) groups is 1. The number of hydrogen-bond donors (Lipinski definition) is 0. The first kappa shape index (κ1) is 22.8. The van der Waals surface area contributed by atoms with Gasteiger partial charge in [-0.2, -0.15) is 26.3 Å². The van der Waals surface area contributed by atoms with E-state index >= 15 is 0 Å². The van der Waals surface area contributed by atoms with Crippen molar-refractivity contribution in [2.45, 2.75) is 31.6 Å². The minimum absolute atomic E-state index is 0. The van der Waals surface area contributed by atoms with Gasteiger partial charge in [0.1, 0.15) is 0 Å². The van der Waals surface area contributed by atoms with Crippen molar-refractivity contribution in [1.82, 2.24) is 0 Å². The van der Waals surface area contributed by atoms with E-state index < -0.39 is 53.6 Å². The minimum Gasteiger partial charge on any atom is -0.872 e. The van der Waals surface area contributed by atoms with Gasteiger partial charge < -0.3 is 10.2 Å². The predicted molar refractivity (Wildman–Crippen MR) is 45.0 cm³/mol. The van der Waals surface area contributed by atoms with Crippen molar-refractivity contribution >= 4 is 5.78 Å². The molecule has 3 nitrogen and oxygen atoms in total. The summed E-state index contributed by atoms with van der Waals surface area (Å²) in [7, 11) is 0. The molecule has 0 bridgehead atoms. The quantitative estimate of drug-likeness (QED) is 0.277. The van der Waals surface area contributed by atoms with E-state index in [1.165, 1.54) is 0 Å². The Kier molecular flexibility index (Phi) is 8.35. The maximum atomic E-state index is 12.1. The molecule has 108 valence electrons. The zero-order valence-electron chi connectivity index (χ0n) is 11.1. The van der Waals surface area contributed by atoms with Gasteiger partial charge in [-0.05, 0) is 30.6 Å². The van der Waals surface area contributed by atoms with E-state index in [1.807, 2.05) is 0 Å². The van der Waals surface area contributed by atoms with Crippen molar-refractivity contribution in [3.8, 4) is 0 Å². The molecule has 1 rings (SSSR count). The monoisotopic (exact) mass is 302 g/mol. The summed E-state index contributed by atoms with van der Waals surface area (Å²) in [4.78, 5) is 10.9. The fourth-order valence-electron chi connectivity index (χ4n) is 1.63. The molecular formula is C10H6F6Li2O3. The van der Waals surface area contributed by atoms with Gasteiger partial charge in [0.05, 0.1) is 0 Å². The van der Waals surface area contributed by atoms with Crippen molar-refractivity contribution in [3.63, 3.8) is 0 Å². The molecule has 0 unspecified atom stereocenters. The van der Waals surface area contributed by atoms with Crippen LogP contribution in [0.1, 0.15) is 19.3 Å². The summed E-state index contributed by atoms with van der Waals surface area (Å²) < 4.78 is 72.8. The van der Waals surface area contributed by atoms with Gasteiger partial charge in [0.25, 0.3) is 5.78 Å². The van der Waals surface area contributed by atoms with Crippen LogP contribution in [0.4, 0.5) is 26.3 Å². The molecule has 0 aromatic rings. The standard InChI is InChI=1S/C10H8F6O3.2Li/c11-9(12,13)7(18)4-2-1-3-5(6(4)17)8(19)10(14,15)16;;/h17-18H,1-3H2;;/q;2*+1/p-2/b7-4-;;. The van der Waals surface area contributed by atoms with Crippen LogP contribution < -0.4 is 47.9 Å². The average Bonchev–Trinajstić information content (AvgIpc) is 2.25. The molecule has 1 aliphatic carbocycles. The molecular weight excluding hydrogens is 296 g/mol. The Labute approximate surface area is 139 Å². The number of rotatable bonds is 1. The molecule has 0 spiro atoms. The Balaban J connectivity index is 0. The molecule has 1 aliphatic rings. The summed E-state index contributed by atoms with van der Waals surface area (Å²) in [5, 5.41) is 22.2. The fourth-order valence-corrected chi connectivity index (χ4v) is 1.63. The number of Topliss-reactive ketones (excluding diaryl/α,β-unsaturated/α-hetero) is 1. The molecule has 21 heavy (non-hydrogen) atoms. The van der Waals surface area contributed by atoms with Crippen LogP contribution in [0.25, 0.3) is 0 Å². The Morgan fingerprint density at radius 3 is 1.81 bits per heavy atom. The summed E-state index contributed by atoms with van der Waals surface area (Å²) in [6.07, 6.45) is -12.2. The number of alkyl halides is 6. The normalized spacial score (nSPS) is 18.6. The molecule has 0 atom stereocenters. The molecule has 0 amide bonds. The maximum absolute atomic E-state index is 12.1. The third-order valence-corrected chi connectivity index (χ3v) is 2.46. The topological polar surface area (TPSA) is 63.2 Å². The van der Waals surface area contributed by atoms with Gasteiger partial charge in [0, 0.05) is 0 Å². The van der Waals surface area contributed by atoms with Crippen molar-refractivity contribution in [1.29, 1.82) is 0 Å². The Morgan fingerprint density at radius 2 is 1.43 bits per heavy atom. The summed E-state index contributed by atoms with van der Waals surface area (Å²) in [6.45, 7) is 0. The summed E-state index contributed by atoms with van der Waals surface area (Å²) in [5.41, 5.74) is -2.63. The SMILES string of the molecule is O=C(C1=C([O-])/C(=C(\[O-])C(F)(F)F)CCC1)C(F)(F)F.[Li+].[Li+]. The van der Waals surface area contributed by atoms with E-state index in [2.05, 4.69) is 0 Å². The van der Waals surface area contributed by atoms with Crippen molar-refractivity contribution < 1.29 is 79.1 Å². The van der Waals surface area contributed by atoms with Crippen molar-refractivity contribution in [2.24, 2.45) is 0 Å². The van der Waals surface area contributed by atoms with E-state index in [0.29, 0.717) is 0 Å². The molecule has 0 saturated carbocycles. The van der Waals surface area contributed by atoms with Gasteiger partial charge in [-0.15, -0.1) is 0 Å². The third-order valence-electron chi connectivity index (χ3n) is 2.46. The average molecular weight is 302 g/mol. The zero-order chi connectivity index (χ0) is 15.0. The second kappa shape index (κ2) is 7.69. The van der Waals surface area contributed by atoms with Gasteiger partial charge >= 0.3 is 50.1 Å². The van der Waals surface area contributed by atoms with Crippen LogP contribution >= 0.6 is 0 Å². The van der Waals surface area contributed by atoms with E-state index in [0.717, 1.165) is 0 Å². The van der Waals surface area contributed by atoms with Gasteiger partial charge in [0.15, 0.2) is 0 Å². The molecule has 0 aliphatic heterocycles. The number of hydrogen-bond acceptors (Lipinski definition) is 3. The van der Waals surface area contributed by atoms with Crippen LogP contribution in [0, 0.1) is 0 Å². The van der Waals surface area contributed by atoms with E-state index in [4.69, 9.17) is 0 Å².